The molecule has 0 aliphatic heterocycles. The second-order valence-corrected chi connectivity index (χ2v) is 5.98. The van der Waals surface area contributed by atoms with Gasteiger partial charge in [0.1, 0.15) is 6.04 Å². The van der Waals surface area contributed by atoms with Crippen LogP contribution in [-0.2, 0) is 4.79 Å². The lowest BCUT2D eigenvalue weighted by Crippen LogP contribution is -2.53. The van der Waals surface area contributed by atoms with Crippen LogP contribution >= 0.6 is 0 Å². The molecule has 0 rings (SSSR count). The van der Waals surface area contributed by atoms with E-state index in [-0.39, 0.29) is 6.03 Å². The topological polar surface area (TPSA) is 69.6 Å². The maximum Gasteiger partial charge on any atom is 0.326 e. The van der Waals surface area contributed by atoms with Crippen LogP contribution in [0.3, 0.4) is 0 Å². The highest BCUT2D eigenvalue weighted by atomic mass is 16.4. The van der Waals surface area contributed by atoms with Crippen LogP contribution in [-0.4, -0.2) is 41.6 Å². The Kier molecular flexibility index (Phi) is 6.15. The summed E-state index contributed by atoms with van der Waals surface area (Å²) in [5.74, 6) is -0.605. The number of carbonyl (C=O) groups is 2. The van der Waals surface area contributed by atoms with Gasteiger partial charge < -0.3 is 15.3 Å². The third-order valence-electron chi connectivity index (χ3n) is 3.01. The third kappa shape index (κ3) is 5.38. The second kappa shape index (κ2) is 6.61. The van der Waals surface area contributed by atoms with E-state index >= 15 is 0 Å². The average Bonchev–Trinajstić information content (AvgIpc) is 2.22. The quantitative estimate of drug-likeness (QED) is 0.794. The minimum absolute atomic E-state index is 0.336. The van der Waals surface area contributed by atoms with Gasteiger partial charge in [-0.25, -0.2) is 9.59 Å². The number of carboxylic acid groups (broad SMARTS) is 1. The highest BCUT2D eigenvalue weighted by molar-refractivity contribution is 5.83. The molecule has 2 N–H and O–H groups in total. The van der Waals surface area contributed by atoms with E-state index in [1.807, 2.05) is 0 Å². The molecular formula is C13H26N2O3. The molecule has 106 valence electrons. The van der Waals surface area contributed by atoms with Crippen LogP contribution in [0.1, 0.15) is 41.0 Å². The first-order valence-electron chi connectivity index (χ1n) is 6.34. The Balaban J connectivity index is 4.57. The summed E-state index contributed by atoms with van der Waals surface area (Å²) in [6.45, 7) is 10.1. The van der Waals surface area contributed by atoms with Crippen molar-refractivity contribution in [1.82, 2.24) is 10.2 Å². The van der Waals surface area contributed by atoms with E-state index in [1.54, 1.807) is 27.8 Å². The van der Waals surface area contributed by atoms with Crippen LogP contribution in [0.4, 0.5) is 4.79 Å². The molecule has 2 atom stereocenters. The van der Waals surface area contributed by atoms with Crippen LogP contribution in [0.25, 0.3) is 0 Å². The van der Waals surface area contributed by atoms with Crippen molar-refractivity contribution in [2.45, 2.75) is 47.1 Å². The lowest BCUT2D eigenvalue weighted by molar-refractivity contribution is -0.142. The summed E-state index contributed by atoms with van der Waals surface area (Å²) in [7, 11) is 1.68. The lowest BCUT2D eigenvalue weighted by Gasteiger charge is -2.30. The summed E-state index contributed by atoms with van der Waals surface area (Å²) in [6.07, 6.45) is 0.985. The lowest BCUT2D eigenvalue weighted by atomic mass is 9.87. The predicted octanol–water partition coefficient (Wildman–Crippen LogP) is 2.17. The first-order chi connectivity index (χ1) is 8.09. The van der Waals surface area contributed by atoms with Crippen molar-refractivity contribution in [3.8, 4) is 0 Å². The van der Waals surface area contributed by atoms with E-state index in [0.717, 1.165) is 6.42 Å². The van der Waals surface area contributed by atoms with Crippen LogP contribution in [0.2, 0.25) is 0 Å². The highest BCUT2D eigenvalue weighted by Gasteiger charge is 2.33. The van der Waals surface area contributed by atoms with Crippen molar-refractivity contribution in [1.29, 1.82) is 0 Å². The van der Waals surface area contributed by atoms with Gasteiger partial charge in [-0.05, 0) is 11.3 Å². The van der Waals surface area contributed by atoms with Crippen molar-refractivity contribution in [3.63, 3.8) is 0 Å². The zero-order valence-corrected chi connectivity index (χ0v) is 12.3. The summed E-state index contributed by atoms with van der Waals surface area (Å²) in [5, 5.41) is 11.7. The molecule has 0 spiro atoms. The summed E-state index contributed by atoms with van der Waals surface area (Å²) in [6, 6.07) is -1.22. The number of nitrogens with one attached hydrogen (secondary N) is 1. The zero-order valence-electron chi connectivity index (χ0n) is 12.3. The molecule has 5 nitrogen and oxygen atoms in total. The van der Waals surface area contributed by atoms with Gasteiger partial charge in [-0.15, -0.1) is 0 Å². The van der Waals surface area contributed by atoms with Gasteiger partial charge in [-0.1, -0.05) is 41.0 Å². The molecule has 0 aromatic carbocycles. The number of hydrogen-bond acceptors (Lipinski definition) is 2. The van der Waals surface area contributed by atoms with Gasteiger partial charge in [0, 0.05) is 13.6 Å². The Morgan fingerprint density at radius 1 is 1.33 bits per heavy atom. The smallest absolute Gasteiger partial charge is 0.326 e. The van der Waals surface area contributed by atoms with E-state index in [1.165, 1.54) is 4.90 Å². The number of aliphatic carboxylic acids is 1. The fourth-order valence-electron chi connectivity index (χ4n) is 1.56. The monoisotopic (exact) mass is 258 g/mol. The van der Waals surface area contributed by atoms with Crippen LogP contribution < -0.4 is 5.32 Å². The Bertz CT molecular complexity index is 297. The van der Waals surface area contributed by atoms with E-state index in [4.69, 9.17) is 5.11 Å². The SMILES string of the molecule is CCC(C)CN(C)C(=O)NC(C(=O)O)C(C)(C)C. The van der Waals surface area contributed by atoms with Gasteiger partial charge in [0.15, 0.2) is 0 Å². The van der Waals surface area contributed by atoms with Gasteiger partial charge in [0.2, 0.25) is 0 Å². The van der Waals surface area contributed by atoms with Crippen LogP contribution in [0.15, 0.2) is 0 Å². The summed E-state index contributed by atoms with van der Waals surface area (Å²) in [4.78, 5) is 24.6. The standard InChI is InChI=1S/C13H26N2O3/c1-7-9(2)8-15(6)12(18)14-10(11(16)17)13(3,4)5/h9-10H,7-8H2,1-6H3,(H,14,18)(H,16,17). The molecule has 2 unspecified atom stereocenters. The fourth-order valence-corrected chi connectivity index (χ4v) is 1.56. The molecule has 2 amide bonds. The van der Waals surface area contributed by atoms with Gasteiger partial charge in [-0.2, -0.15) is 0 Å². The second-order valence-electron chi connectivity index (χ2n) is 5.98. The van der Waals surface area contributed by atoms with Gasteiger partial charge in [0.05, 0.1) is 0 Å². The Hall–Kier alpha value is -1.26. The van der Waals surface area contributed by atoms with E-state index < -0.39 is 17.4 Å². The molecular weight excluding hydrogens is 232 g/mol. The predicted molar refractivity (Wildman–Crippen MR) is 71.5 cm³/mol. The zero-order chi connectivity index (χ0) is 14.5. The molecule has 0 heterocycles. The summed E-state index contributed by atoms with van der Waals surface area (Å²) in [5.41, 5.74) is -0.515. The van der Waals surface area contributed by atoms with Crippen molar-refractivity contribution >= 4 is 12.0 Å². The molecule has 0 aliphatic rings. The summed E-state index contributed by atoms with van der Waals surface area (Å²) >= 11 is 0. The van der Waals surface area contributed by atoms with E-state index in [0.29, 0.717) is 12.5 Å². The van der Waals surface area contributed by atoms with Crippen molar-refractivity contribution in [2.75, 3.05) is 13.6 Å². The number of rotatable bonds is 5. The van der Waals surface area contributed by atoms with Crippen molar-refractivity contribution in [2.24, 2.45) is 11.3 Å². The van der Waals surface area contributed by atoms with E-state index in [2.05, 4.69) is 19.2 Å². The van der Waals surface area contributed by atoms with Crippen molar-refractivity contribution in [3.05, 3.63) is 0 Å². The average molecular weight is 258 g/mol. The van der Waals surface area contributed by atoms with Gasteiger partial charge in [-0.3, -0.25) is 0 Å². The number of urea groups is 1. The molecule has 0 fully saturated rings. The molecule has 0 bridgehead atoms. The molecule has 18 heavy (non-hydrogen) atoms. The van der Waals surface area contributed by atoms with Crippen LogP contribution in [0, 0.1) is 11.3 Å². The van der Waals surface area contributed by atoms with Gasteiger partial charge in [0.25, 0.3) is 0 Å². The van der Waals surface area contributed by atoms with E-state index in [9.17, 15) is 9.59 Å². The maximum absolute atomic E-state index is 11.9. The van der Waals surface area contributed by atoms with Crippen LogP contribution in [0.5, 0.6) is 0 Å². The molecule has 5 heteroatoms. The van der Waals surface area contributed by atoms with Crippen molar-refractivity contribution < 1.29 is 14.7 Å². The number of amides is 2. The number of nitrogens with zero attached hydrogens (tertiary/aromatic N) is 1. The molecule has 0 aromatic rings. The fraction of sp³-hybridized carbons (Fsp3) is 0.846. The molecule has 0 saturated heterocycles. The summed E-state index contributed by atoms with van der Waals surface area (Å²) < 4.78 is 0. The molecule has 0 radical (unpaired) electrons. The molecule has 0 saturated carbocycles. The molecule has 0 aromatic heterocycles. The number of carboxylic acids is 1. The minimum Gasteiger partial charge on any atom is -0.480 e. The minimum atomic E-state index is -1.01. The maximum atomic E-state index is 11.9. The Labute approximate surface area is 110 Å². The molecule has 0 aliphatic carbocycles. The Morgan fingerprint density at radius 2 is 1.83 bits per heavy atom. The van der Waals surface area contributed by atoms with Gasteiger partial charge >= 0.3 is 12.0 Å². The first kappa shape index (κ1) is 16.7. The highest BCUT2D eigenvalue weighted by Crippen LogP contribution is 2.19. The number of hydrogen-bond donors (Lipinski definition) is 2. The largest absolute Gasteiger partial charge is 0.480 e. The third-order valence-corrected chi connectivity index (χ3v) is 3.01. The normalized spacial score (nSPS) is 14.8. The number of carbonyl (C=O) groups excluding carboxylic acids is 1. The first-order valence-corrected chi connectivity index (χ1v) is 6.34. The Morgan fingerprint density at radius 3 is 2.17 bits per heavy atom.